The van der Waals surface area contributed by atoms with Gasteiger partial charge in [-0.15, -0.1) is 11.3 Å². The van der Waals surface area contributed by atoms with E-state index in [1.807, 2.05) is 23.8 Å². The minimum atomic E-state index is 0.817. The van der Waals surface area contributed by atoms with Crippen LogP contribution in [0.4, 0.5) is 5.69 Å². The number of hydrogen-bond donors (Lipinski definition) is 2. The number of fused-ring (bicyclic) bond motifs is 1. The van der Waals surface area contributed by atoms with E-state index in [4.69, 9.17) is 0 Å². The molecule has 0 atom stereocenters. The Morgan fingerprint density at radius 1 is 1.31 bits per heavy atom. The molecule has 0 aliphatic heterocycles. The molecule has 3 nitrogen and oxygen atoms in total. The van der Waals surface area contributed by atoms with Gasteiger partial charge < -0.3 is 10.3 Å². The van der Waals surface area contributed by atoms with Crippen molar-refractivity contribution < 1.29 is 0 Å². The molecule has 4 heteroatoms. The molecule has 0 bridgehead atoms. The van der Waals surface area contributed by atoms with Crippen LogP contribution in [0, 0.1) is 0 Å². The molecule has 2 heterocycles. The Bertz CT molecular complexity index is 583. The highest BCUT2D eigenvalue weighted by atomic mass is 32.1. The van der Waals surface area contributed by atoms with Gasteiger partial charge in [0.1, 0.15) is 0 Å². The number of aromatic amines is 1. The van der Waals surface area contributed by atoms with Gasteiger partial charge in [0.2, 0.25) is 0 Å². The van der Waals surface area contributed by atoms with E-state index in [9.17, 15) is 0 Å². The van der Waals surface area contributed by atoms with Gasteiger partial charge in [0.25, 0.3) is 0 Å². The number of rotatable bonds is 3. The number of anilines is 1. The molecular weight excluding hydrogens is 218 g/mol. The maximum atomic E-state index is 4.25. The van der Waals surface area contributed by atoms with Gasteiger partial charge >= 0.3 is 0 Å². The largest absolute Gasteiger partial charge is 0.379 e. The van der Waals surface area contributed by atoms with Crippen molar-refractivity contribution >= 4 is 27.2 Å². The number of hydrogen-bond acceptors (Lipinski definition) is 3. The molecule has 16 heavy (non-hydrogen) atoms. The highest BCUT2D eigenvalue weighted by Gasteiger charge is 1.98. The van der Waals surface area contributed by atoms with Crippen LogP contribution >= 0.6 is 11.3 Å². The number of benzene rings is 1. The summed E-state index contributed by atoms with van der Waals surface area (Å²) in [5.41, 5.74) is 5.26. The van der Waals surface area contributed by atoms with Crippen LogP contribution in [0.15, 0.2) is 42.0 Å². The van der Waals surface area contributed by atoms with Gasteiger partial charge in [-0.3, -0.25) is 0 Å². The third kappa shape index (κ3) is 1.79. The summed E-state index contributed by atoms with van der Waals surface area (Å²) in [6, 6.07) is 10.3. The molecule has 0 spiro atoms. The van der Waals surface area contributed by atoms with Crippen molar-refractivity contribution in [1.29, 1.82) is 0 Å². The van der Waals surface area contributed by atoms with Crippen LogP contribution in [0.3, 0.4) is 0 Å². The Hall–Kier alpha value is -1.81. The summed E-state index contributed by atoms with van der Waals surface area (Å²) in [7, 11) is 0. The van der Waals surface area contributed by atoms with E-state index in [0.29, 0.717) is 0 Å². The summed E-state index contributed by atoms with van der Waals surface area (Å²) in [5.74, 6) is 0. The zero-order valence-corrected chi connectivity index (χ0v) is 9.42. The van der Waals surface area contributed by atoms with Crippen LogP contribution in [0.1, 0.15) is 5.69 Å². The Labute approximate surface area is 97.2 Å². The first-order valence-electron chi connectivity index (χ1n) is 5.11. The molecule has 0 unspecified atom stereocenters. The van der Waals surface area contributed by atoms with Crippen LogP contribution < -0.4 is 5.32 Å². The van der Waals surface area contributed by atoms with E-state index < -0.39 is 0 Å². The van der Waals surface area contributed by atoms with Gasteiger partial charge in [-0.1, -0.05) is 0 Å². The third-order valence-electron chi connectivity index (χ3n) is 2.48. The lowest BCUT2D eigenvalue weighted by molar-refractivity contribution is 1.08. The molecule has 80 valence electrons. The first-order chi connectivity index (χ1) is 7.92. The van der Waals surface area contributed by atoms with Crippen molar-refractivity contribution in [2.45, 2.75) is 6.54 Å². The van der Waals surface area contributed by atoms with Crippen molar-refractivity contribution in [3.05, 3.63) is 47.7 Å². The van der Waals surface area contributed by atoms with Crippen LogP contribution in [0.2, 0.25) is 0 Å². The Balaban J connectivity index is 1.78. The maximum absolute atomic E-state index is 4.25. The minimum Gasteiger partial charge on any atom is -0.379 e. The fraction of sp³-hybridized carbons (Fsp3) is 0.0833. The summed E-state index contributed by atoms with van der Waals surface area (Å²) < 4.78 is 1.22. The molecule has 0 aliphatic carbocycles. The van der Waals surface area contributed by atoms with E-state index >= 15 is 0 Å². The van der Waals surface area contributed by atoms with Gasteiger partial charge in [-0.2, -0.15) is 0 Å². The lowest BCUT2D eigenvalue weighted by atomic mass is 10.3. The molecule has 2 aromatic heterocycles. The second kappa shape index (κ2) is 3.98. The van der Waals surface area contributed by atoms with Crippen molar-refractivity contribution in [3.8, 4) is 0 Å². The summed E-state index contributed by atoms with van der Waals surface area (Å²) >= 11 is 1.67. The average molecular weight is 229 g/mol. The van der Waals surface area contributed by atoms with E-state index in [1.165, 1.54) is 10.4 Å². The lowest BCUT2D eigenvalue weighted by Gasteiger charge is -2.04. The molecule has 0 saturated heterocycles. The average Bonchev–Trinajstić information content (AvgIpc) is 2.97. The first kappa shape index (κ1) is 9.42. The number of aromatic nitrogens is 2. The quantitative estimate of drug-likeness (QED) is 0.724. The second-order valence-electron chi connectivity index (χ2n) is 3.58. The first-order valence-corrected chi connectivity index (χ1v) is 5.99. The Morgan fingerprint density at radius 2 is 2.31 bits per heavy atom. The molecule has 2 N–H and O–H groups in total. The zero-order valence-electron chi connectivity index (χ0n) is 8.60. The maximum Gasteiger partial charge on any atom is 0.0813 e. The van der Waals surface area contributed by atoms with Crippen LogP contribution in [0.5, 0.6) is 0 Å². The molecule has 0 amide bonds. The predicted octanol–water partition coefficient (Wildman–Crippen LogP) is 3.24. The Kier molecular flexibility index (Phi) is 2.34. The van der Waals surface area contributed by atoms with E-state index in [0.717, 1.165) is 17.7 Å². The van der Waals surface area contributed by atoms with Crippen molar-refractivity contribution in [2.24, 2.45) is 0 Å². The molecule has 1 aromatic carbocycles. The number of thiazole rings is 1. The third-order valence-corrected chi connectivity index (χ3v) is 3.27. The highest BCUT2D eigenvalue weighted by Crippen LogP contribution is 2.21. The van der Waals surface area contributed by atoms with E-state index in [-0.39, 0.29) is 0 Å². The molecule has 0 radical (unpaired) electrons. The normalized spacial score (nSPS) is 10.8. The minimum absolute atomic E-state index is 0.817. The standard InChI is InChI=1S/C12H11N3S/c1-2-10(13-5-1)7-14-9-3-4-11-12(6-9)16-8-15-11/h1-6,8,13-14H,7H2. The van der Waals surface area contributed by atoms with E-state index in [2.05, 4.69) is 33.5 Å². The summed E-state index contributed by atoms with van der Waals surface area (Å²) in [4.78, 5) is 7.42. The van der Waals surface area contributed by atoms with Crippen LogP contribution in [-0.2, 0) is 6.54 Å². The second-order valence-corrected chi connectivity index (χ2v) is 4.47. The summed E-state index contributed by atoms with van der Waals surface area (Å²) in [6.45, 7) is 0.817. The van der Waals surface area contributed by atoms with Gasteiger partial charge in [-0.05, 0) is 30.3 Å². The fourth-order valence-electron chi connectivity index (χ4n) is 1.64. The molecule has 3 aromatic rings. The smallest absolute Gasteiger partial charge is 0.0813 e. The topological polar surface area (TPSA) is 40.7 Å². The van der Waals surface area contributed by atoms with Crippen LogP contribution in [-0.4, -0.2) is 9.97 Å². The molecule has 0 aliphatic rings. The zero-order chi connectivity index (χ0) is 10.8. The molecule has 0 fully saturated rings. The van der Waals surface area contributed by atoms with Crippen molar-refractivity contribution in [1.82, 2.24) is 9.97 Å². The van der Waals surface area contributed by atoms with Gasteiger partial charge in [-0.25, -0.2) is 4.98 Å². The van der Waals surface area contributed by atoms with Gasteiger partial charge in [0, 0.05) is 17.6 Å². The summed E-state index contributed by atoms with van der Waals surface area (Å²) in [5, 5.41) is 3.38. The number of H-pyrrole nitrogens is 1. The number of nitrogens with zero attached hydrogens (tertiary/aromatic N) is 1. The predicted molar refractivity (Wildman–Crippen MR) is 67.7 cm³/mol. The molecule has 3 rings (SSSR count). The molecule has 0 saturated carbocycles. The highest BCUT2D eigenvalue weighted by molar-refractivity contribution is 7.16. The number of nitrogens with one attached hydrogen (secondary N) is 2. The van der Waals surface area contributed by atoms with Gasteiger partial charge in [0.05, 0.1) is 22.3 Å². The van der Waals surface area contributed by atoms with Crippen LogP contribution in [0.25, 0.3) is 10.2 Å². The fourth-order valence-corrected chi connectivity index (χ4v) is 2.36. The summed E-state index contributed by atoms with van der Waals surface area (Å²) in [6.07, 6.45) is 1.93. The molecular formula is C12H11N3S. The monoisotopic (exact) mass is 229 g/mol. The van der Waals surface area contributed by atoms with Gasteiger partial charge in [0.15, 0.2) is 0 Å². The Morgan fingerprint density at radius 3 is 3.19 bits per heavy atom. The van der Waals surface area contributed by atoms with E-state index in [1.54, 1.807) is 11.3 Å². The SMILES string of the molecule is c1c[nH]c(CNc2ccc3ncsc3c2)c1. The van der Waals surface area contributed by atoms with Crippen molar-refractivity contribution in [3.63, 3.8) is 0 Å². The van der Waals surface area contributed by atoms with Crippen molar-refractivity contribution in [2.75, 3.05) is 5.32 Å². The lowest BCUT2D eigenvalue weighted by Crippen LogP contribution is -1.98.